The Morgan fingerprint density at radius 2 is 1.42 bits per heavy atom. The number of benzene rings is 1. The zero-order valence-corrected chi connectivity index (χ0v) is 19.2. The van der Waals surface area contributed by atoms with E-state index in [0.717, 1.165) is 0 Å². The van der Waals surface area contributed by atoms with Crippen LogP contribution in [0.2, 0.25) is 0 Å². The third-order valence-electron chi connectivity index (χ3n) is 5.61. The summed E-state index contributed by atoms with van der Waals surface area (Å²) >= 11 is 0. The van der Waals surface area contributed by atoms with Gasteiger partial charge in [0.2, 0.25) is 0 Å². The van der Waals surface area contributed by atoms with E-state index in [2.05, 4.69) is 4.74 Å². The number of esters is 2. The highest BCUT2D eigenvalue weighted by Crippen LogP contribution is 2.47. The van der Waals surface area contributed by atoms with Crippen LogP contribution >= 0.6 is 0 Å². The van der Waals surface area contributed by atoms with Crippen LogP contribution in [-0.4, -0.2) is 72.2 Å². The number of carbonyl (C=O) groups excluding carboxylic acids is 2. The molecule has 0 atom stereocenters. The minimum atomic E-state index is -6.42. The van der Waals surface area contributed by atoms with Crippen molar-refractivity contribution < 1.29 is 58.4 Å². The predicted molar refractivity (Wildman–Crippen MR) is 115 cm³/mol. The molecule has 1 fully saturated rings. The van der Waals surface area contributed by atoms with Crippen LogP contribution in [-0.2, 0) is 30.8 Å². The molecule has 0 aromatic heterocycles. The third kappa shape index (κ3) is 6.78. The smallest absolute Gasteiger partial charge is 0.438 e. The van der Waals surface area contributed by atoms with E-state index in [1.807, 2.05) is 0 Å². The van der Waals surface area contributed by atoms with Gasteiger partial charge in [0.25, 0.3) is 10.1 Å². The molecule has 1 aromatic carbocycles. The molecule has 17 heteroatoms. The van der Waals surface area contributed by atoms with Gasteiger partial charge >= 0.3 is 29.9 Å². The molecule has 1 N–H and O–H groups in total. The molecular formula is C19H17B3F6O7S. The molecule has 36 heavy (non-hydrogen) atoms. The van der Waals surface area contributed by atoms with Crippen LogP contribution in [0.5, 0.6) is 5.75 Å². The van der Waals surface area contributed by atoms with E-state index >= 15 is 0 Å². The first-order chi connectivity index (χ1) is 16.3. The maximum Gasteiger partial charge on any atom is 0.438 e. The molecule has 7 nitrogen and oxygen atoms in total. The molecule has 0 bridgehead atoms. The third-order valence-corrected chi connectivity index (χ3v) is 6.38. The number of hydrogen-bond acceptors (Lipinski definition) is 6. The van der Waals surface area contributed by atoms with Gasteiger partial charge in [-0.3, -0.25) is 14.1 Å². The van der Waals surface area contributed by atoms with Gasteiger partial charge in [0, 0.05) is 0 Å². The summed E-state index contributed by atoms with van der Waals surface area (Å²) in [6.45, 7) is 0. The quantitative estimate of drug-likeness (QED) is 0.182. The fourth-order valence-corrected chi connectivity index (χ4v) is 4.65. The topological polar surface area (TPSA) is 107 Å². The van der Waals surface area contributed by atoms with Gasteiger partial charge in [0.05, 0.1) is 19.7 Å². The molecule has 0 aliphatic heterocycles. The summed E-state index contributed by atoms with van der Waals surface area (Å²) in [5.41, 5.74) is -4.90. The Morgan fingerprint density at radius 1 is 0.944 bits per heavy atom. The summed E-state index contributed by atoms with van der Waals surface area (Å²) in [6.07, 6.45) is -14.0. The second-order valence-corrected chi connectivity index (χ2v) is 9.69. The summed E-state index contributed by atoms with van der Waals surface area (Å²) in [5.74, 6) is -8.21. The fraction of sp³-hybridized carbons (Fsp3) is 0.579. The maximum absolute atomic E-state index is 13.4. The van der Waals surface area contributed by atoms with Crippen molar-refractivity contribution in [2.75, 3.05) is 5.75 Å². The highest BCUT2D eigenvalue weighted by molar-refractivity contribution is 7.85. The highest BCUT2D eigenvalue weighted by Gasteiger charge is 2.76. The van der Waals surface area contributed by atoms with Crippen LogP contribution in [0, 0.1) is 11.8 Å². The van der Waals surface area contributed by atoms with E-state index in [4.69, 9.17) is 32.8 Å². The van der Waals surface area contributed by atoms with Crippen LogP contribution in [0.4, 0.5) is 26.3 Å². The Morgan fingerprint density at radius 3 is 1.83 bits per heavy atom. The lowest BCUT2D eigenvalue weighted by Gasteiger charge is -2.37. The van der Waals surface area contributed by atoms with Gasteiger partial charge in [0.15, 0.2) is 0 Å². The van der Waals surface area contributed by atoms with Gasteiger partial charge < -0.3 is 9.47 Å². The summed E-state index contributed by atoms with van der Waals surface area (Å²) in [6, 6.07) is 2.74. The van der Waals surface area contributed by atoms with Gasteiger partial charge in [-0.15, -0.1) is 0 Å². The molecule has 0 saturated heterocycles. The zero-order valence-electron chi connectivity index (χ0n) is 18.4. The zero-order chi connectivity index (χ0) is 27.7. The van der Waals surface area contributed by atoms with Crippen molar-refractivity contribution >= 4 is 56.5 Å². The lowest BCUT2D eigenvalue weighted by Crippen LogP contribution is -2.63. The van der Waals surface area contributed by atoms with Gasteiger partial charge in [-0.25, -0.2) is 0 Å². The summed E-state index contributed by atoms with van der Waals surface area (Å²) in [7, 11) is 11.1. The highest BCUT2D eigenvalue weighted by atomic mass is 32.2. The predicted octanol–water partition coefficient (Wildman–Crippen LogP) is 0.949. The van der Waals surface area contributed by atoms with Crippen molar-refractivity contribution in [3.63, 3.8) is 0 Å². The standard InChI is InChI=1S/C19H17B3F6O7S/c20-7-11-5-12(21)6-13(22)14(11)34-15(29)9-1-3-10(4-2-9)16(30)35-17(18(23,24)25,19(26,27)28)8-36(31,32)33/h5-6,9-10H,1-4,7-8H2,(H,31,32,33). The molecule has 0 unspecified atom stereocenters. The summed E-state index contributed by atoms with van der Waals surface area (Å²) < 4.78 is 120. The molecule has 0 heterocycles. The maximum atomic E-state index is 13.4. The van der Waals surface area contributed by atoms with Crippen molar-refractivity contribution in [3.8, 4) is 5.75 Å². The normalized spacial score (nSPS) is 19.5. The average Bonchev–Trinajstić information content (AvgIpc) is 2.72. The van der Waals surface area contributed by atoms with E-state index in [1.165, 1.54) is 12.1 Å². The molecular weight excluding hydrogens is 519 g/mol. The van der Waals surface area contributed by atoms with Crippen LogP contribution < -0.4 is 15.7 Å². The SMILES string of the molecule is [B]Cc1cc([B])cc([B])c1OC(=O)C1CCC(C(=O)OC(CS(=O)(=O)O)(C(F)(F)F)C(F)(F)F)CC1. The van der Waals surface area contributed by atoms with E-state index in [-0.39, 0.29) is 48.7 Å². The first-order valence-corrected chi connectivity index (χ1v) is 11.8. The lowest BCUT2D eigenvalue weighted by atomic mass is 9.81. The minimum absolute atomic E-state index is 0.00976. The van der Waals surface area contributed by atoms with Gasteiger partial charge in [0.1, 0.15) is 27.2 Å². The van der Waals surface area contributed by atoms with Crippen LogP contribution in [0.1, 0.15) is 31.2 Å². The molecule has 1 aliphatic rings. The number of carbonyl (C=O) groups is 2. The van der Waals surface area contributed by atoms with Crippen molar-refractivity contribution in [2.24, 2.45) is 11.8 Å². The summed E-state index contributed by atoms with van der Waals surface area (Å²) in [4.78, 5) is 24.8. The van der Waals surface area contributed by atoms with Crippen molar-refractivity contribution in [2.45, 2.75) is 50.0 Å². The van der Waals surface area contributed by atoms with Gasteiger partial charge in [-0.05, 0) is 31.2 Å². The molecule has 0 amide bonds. The second-order valence-electron chi connectivity index (χ2n) is 8.24. The van der Waals surface area contributed by atoms with Crippen LogP contribution in [0.3, 0.4) is 0 Å². The van der Waals surface area contributed by atoms with Crippen molar-refractivity contribution in [1.82, 2.24) is 0 Å². The lowest BCUT2D eigenvalue weighted by molar-refractivity contribution is -0.362. The Bertz CT molecular complexity index is 1090. The average molecular weight is 536 g/mol. The van der Waals surface area contributed by atoms with E-state index in [9.17, 15) is 44.3 Å². The molecule has 0 spiro atoms. The molecule has 1 saturated carbocycles. The Labute approximate surface area is 206 Å². The number of ether oxygens (including phenoxy) is 2. The van der Waals surface area contributed by atoms with E-state index < -0.39 is 57.6 Å². The second kappa shape index (κ2) is 10.7. The first-order valence-electron chi connectivity index (χ1n) is 10.2. The Kier molecular flexibility index (Phi) is 8.92. The Hall–Kier alpha value is -2.16. The van der Waals surface area contributed by atoms with Crippen molar-refractivity contribution in [1.29, 1.82) is 0 Å². The van der Waals surface area contributed by atoms with E-state index in [0.29, 0.717) is 5.56 Å². The number of rotatable bonds is 7. The molecule has 6 radical (unpaired) electrons. The Balaban J connectivity index is 2.15. The number of halogens is 6. The summed E-state index contributed by atoms with van der Waals surface area (Å²) in [5, 5.41) is 0. The van der Waals surface area contributed by atoms with Crippen LogP contribution in [0.15, 0.2) is 12.1 Å². The molecule has 192 valence electrons. The first kappa shape index (κ1) is 30.1. The van der Waals surface area contributed by atoms with Gasteiger partial charge in [-0.1, -0.05) is 29.4 Å². The van der Waals surface area contributed by atoms with Crippen molar-refractivity contribution in [3.05, 3.63) is 17.7 Å². The molecule has 1 aliphatic carbocycles. The molecule has 1 aromatic rings. The van der Waals surface area contributed by atoms with Gasteiger partial charge in [-0.2, -0.15) is 34.8 Å². The largest absolute Gasteiger partial charge is 0.438 e. The fourth-order valence-electron chi connectivity index (χ4n) is 3.75. The molecule has 2 rings (SSSR count). The minimum Gasteiger partial charge on any atom is -0.438 e. The monoisotopic (exact) mass is 536 g/mol. The number of alkyl halides is 6. The van der Waals surface area contributed by atoms with E-state index in [1.54, 1.807) is 0 Å². The number of hydrogen-bond donors (Lipinski definition) is 1. The van der Waals surface area contributed by atoms with Crippen LogP contribution in [0.25, 0.3) is 0 Å².